The lowest BCUT2D eigenvalue weighted by Crippen LogP contribution is -2.28. The fraction of sp³-hybridized carbons (Fsp3) is 0.455. The molecule has 0 aliphatic heterocycles. The van der Waals surface area contributed by atoms with Crippen molar-refractivity contribution < 1.29 is 8.42 Å². The molecule has 0 fully saturated rings. The van der Waals surface area contributed by atoms with Crippen LogP contribution in [0.25, 0.3) is 0 Å². The van der Waals surface area contributed by atoms with Gasteiger partial charge < -0.3 is 5.73 Å². The smallest absolute Gasteiger partial charge is 0.211 e. The molecule has 0 aromatic heterocycles. The maximum atomic E-state index is 11.2. The average Bonchev–Trinajstić information content (AvgIpc) is 2.30. The zero-order valence-electron chi connectivity index (χ0n) is 9.39. The fourth-order valence-electron chi connectivity index (χ4n) is 1.34. The SMILES string of the molecule is CCS(=O)(=O)NCCC(N)c1ccccc1. The first kappa shape index (κ1) is 13.2. The molecule has 0 saturated carbocycles. The lowest BCUT2D eigenvalue weighted by atomic mass is 10.1. The van der Waals surface area contributed by atoms with Gasteiger partial charge in [0, 0.05) is 12.6 Å². The Morgan fingerprint density at radius 2 is 1.94 bits per heavy atom. The second-order valence-corrected chi connectivity index (χ2v) is 5.70. The van der Waals surface area contributed by atoms with Gasteiger partial charge in [-0.25, -0.2) is 13.1 Å². The van der Waals surface area contributed by atoms with Crippen molar-refractivity contribution in [3.05, 3.63) is 35.9 Å². The monoisotopic (exact) mass is 242 g/mol. The van der Waals surface area contributed by atoms with Crippen molar-refractivity contribution in [2.45, 2.75) is 19.4 Å². The number of nitrogens with two attached hydrogens (primary N) is 1. The summed E-state index contributed by atoms with van der Waals surface area (Å²) in [4.78, 5) is 0. The molecule has 0 bridgehead atoms. The molecule has 0 radical (unpaired) electrons. The number of rotatable bonds is 6. The molecule has 3 N–H and O–H groups in total. The number of sulfonamides is 1. The third-order valence-corrected chi connectivity index (χ3v) is 3.79. The van der Waals surface area contributed by atoms with Crippen LogP contribution >= 0.6 is 0 Å². The Morgan fingerprint density at radius 3 is 2.50 bits per heavy atom. The standard InChI is InChI=1S/C11H18N2O2S/c1-2-16(14,15)13-9-8-11(12)10-6-4-3-5-7-10/h3-7,11,13H,2,8-9,12H2,1H3. The molecular formula is C11H18N2O2S. The van der Waals surface area contributed by atoms with E-state index in [9.17, 15) is 8.42 Å². The second-order valence-electron chi connectivity index (χ2n) is 3.60. The molecule has 0 amide bonds. The molecule has 4 nitrogen and oxygen atoms in total. The van der Waals surface area contributed by atoms with Crippen LogP contribution in [0, 0.1) is 0 Å². The van der Waals surface area contributed by atoms with Gasteiger partial charge in [0.1, 0.15) is 0 Å². The maximum absolute atomic E-state index is 11.2. The van der Waals surface area contributed by atoms with Gasteiger partial charge in [-0.2, -0.15) is 0 Å². The van der Waals surface area contributed by atoms with Gasteiger partial charge in [-0.05, 0) is 18.9 Å². The molecule has 90 valence electrons. The van der Waals surface area contributed by atoms with Crippen LogP contribution in [-0.2, 0) is 10.0 Å². The minimum Gasteiger partial charge on any atom is -0.324 e. The Labute approximate surface area is 96.9 Å². The van der Waals surface area contributed by atoms with E-state index in [0.717, 1.165) is 5.56 Å². The van der Waals surface area contributed by atoms with Crippen LogP contribution < -0.4 is 10.5 Å². The summed E-state index contributed by atoms with van der Waals surface area (Å²) in [5, 5.41) is 0. The van der Waals surface area contributed by atoms with Crippen LogP contribution in [-0.4, -0.2) is 20.7 Å². The molecule has 16 heavy (non-hydrogen) atoms. The van der Waals surface area contributed by atoms with Gasteiger partial charge >= 0.3 is 0 Å². The van der Waals surface area contributed by atoms with E-state index in [4.69, 9.17) is 5.73 Å². The zero-order valence-corrected chi connectivity index (χ0v) is 10.2. The van der Waals surface area contributed by atoms with Crippen LogP contribution in [0.1, 0.15) is 24.9 Å². The van der Waals surface area contributed by atoms with Crippen molar-refractivity contribution in [3.63, 3.8) is 0 Å². The van der Waals surface area contributed by atoms with Gasteiger partial charge in [-0.15, -0.1) is 0 Å². The van der Waals surface area contributed by atoms with Crippen molar-refractivity contribution >= 4 is 10.0 Å². The van der Waals surface area contributed by atoms with E-state index >= 15 is 0 Å². The van der Waals surface area contributed by atoms with Crippen molar-refractivity contribution in [1.82, 2.24) is 4.72 Å². The highest BCUT2D eigenvalue weighted by Gasteiger charge is 2.08. The van der Waals surface area contributed by atoms with E-state index in [0.29, 0.717) is 13.0 Å². The Balaban J connectivity index is 2.40. The molecule has 1 aromatic carbocycles. The third-order valence-electron chi connectivity index (χ3n) is 2.39. The van der Waals surface area contributed by atoms with Crippen LogP contribution in [0.15, 0.2) is 30.3 Å². The summed E-state index contributed by atoms with van der Waals surface area (Å²) < 4.78 is 24.8. The van der Waals surface area contributed by atoms with Crippen LogP contribution in [0.5, 0.6) is 0 Å². The highest BCUT2D eigenvalue weighted by molar-refractivity contribution is 7.89. The van der Waals surface area contributed by atoms with Crippen molar-refractivity contribution in [1.29, 1.82) is 0 Å². The van der Waals surface area contributed by atoms with E-state index in [-0.39, 0.29) is 11.8 Å². The Bertz CT molecular complexity index is 403. The van der Waals surface area contributed by atoms with E-state index in [1.165, 1.54) is 0 Å². The lowest BCUT2D eigenvalue weighted by molar-refractivity contribution is 0.570. The molecule has 1 atom stereocenters. The minimum atomic E-state index is -3.10. The van der Waals surface area contributed by atoms with Crippen molar-refractivity contribution in [2.24, 2.45) is 5.73 Å². The summed E-state index contributed by atoms with van der Waals surface area (Å²) in [6.07, 6.45) is 0.600. The molecule has 1 rings (SSSR count). The first-order valence-electron chi connectivity index (χ1n) is 5.33. The summed E-state index contributed by atoms with van der Waals surface area (Å²) >= 11 is 0. The number of hydrogen-bond donors (Lipinski definition) is 2. The summed E-state index contributed by atoms with van der Waals surface area (Å²) in [5.41, 5.74) is 6.96. The van der Waals surface area contributed by atoms with Gasteiger partial charge in [0.15, 0.2) is 0 Å². The van der Waals surface area contributed by atoms with Crippen molar-refractivity contribution in [3.8, 4) is 0 Å². The van der Waals surface area contributed by atoms with Crippen LogP contribution in [0.4, 0.5) is 0 Å². The number of hydrogen-bond acceptors (Lipinski definition) is 3. The average molecular weight is 242 g/mol. The van der Waals surface area contributed by atoms with Crippen molar-refractivity contribution in [2.75, 3.05) is 12.3 Å². The molecule has 5 heteroatoms. The molecule has 0 aliphatic carbocycles. The second kappa shape index (κ2) is 5.98. The van der Waals surface area contributed by atoms with Gasteiger partial charge in [-0.1, -0.05) is 30.3 Å². The van der Waals surface area contributed by atoms with Gasteiger partial charge in [0.2, 0.25) is 10.0 Å². The highest BCUT2D eigenvalue weighted by Crippen LogP contribution is 2.12. The predicted octanol–water partition coefficient (Wildman–Crippen LogP) is 1.02. The maximum Gasteiger partial charge on any atom is 0.211 e. The van der Waals surface area contributed by atoms with E-state index in [1.807, 2.05) is 30.3 Å². The number of benzene rings is 1. The Hall–Kier alpha value is -0.910. The molecule has 0 spiro atoms. The minimum absolute atomic E-state index is 0.105. The topological polar surface area (TPSA) is 72.2 Å². The lowest BCUT2D eigenvalue weighted by Gasteiger charge is -2.12. The summed E-state index contributed by atoms with van der Waals surface area (Å²) in [7, 11) is -3.10. The molecule has 0 saturated heterocycles. The van der Waals surface area contributed by atoms with E-state index in [2.05, 4.69) is 4.72 Å². The number of nitrogens with one attached hydrogen (secondary N) is 1. The fourth-order valence-corrected chi connectivity index (χ4v) is 1.97. The summed E-state index contributed by atoms with van der Waals surface area (Å²) in [6.45, 7) is 1.99. The molecule has 1 aromatic rings. The van der Waals surface area contributed by atoms with Crippen LogP contribution in [0.3, 0.4) is 0 Å². The highest BCUT2D eigenvalue weighted by atomic mass is 32.2. The largest absolute Gasteiger partial charge is 0.324 e. The van der Waals surface area contributed by atoms with E-state index in [1.54, 1.807) is 6.92 Å². The summed E-state index contributed by atoms with van der Waals surface area (Å²) in [5.74, 6) is 0.105. The van der Waals surface area contributed by atoms with Gasteiger partial charge in [-0.3, -0.25) is 0 Å². The Kier molecular flexibility index (Phi) is 4.92. The van der Waals surface area contributed by atoms with E-state index < -0.39 is 10.0 Å². The molecular weight excluding hydrogens is 224 g/mol. The zero-order chi connectivity index (χ0) is 12.0. The quantitative estimate of drug-likeness (QED) is 0.782. The van der Waals surface area contributed by atoms with Gasteiger partial charge in [0.25, 0.3) is 0 Å². The van der Waals surface area contributed by atoms with Gasteiger partial charge in [0.05, 0.1) is 5.75 Å². The normalized spacial score (nSPS) is 13.6. The predicted molar refractivity (Wildman–Crippen MR) is 65.5 cm³/mol. The molecule has 1 unspecified atom stereocenters. The summed E-state index contributed by atoms with van der Waals surface area (Å²) in [6, 6.07) is 9.53. The first-order chi connectivity index (χ1) is 7.55. The molecule has 0 aliphatic rings. The molecule has 0 heterocycles. The first-order valence-corrected chi connectivity index (χ1v) is 6.98. The Morgan fingerprint density at radius 1 is 1.31 bits per heavy atom. The third kappa shape index (κ3) is 4.30. The van der Waals surface area contributed by atoms with Crippen LogP contribution in [0.2, 0.25) is 0 Å².